The predicted octanol–water partition coefficient (Wildman–Crippen LogP) is 3.57. The zero-order chi connectivity index (χ0) is 18.3. The minimum absolute atomic E-state index is 0.114. The van der Waals surface area contributed by atoms with E-state index in [0.717, 1.165) is 11.6 Å². The number of rotatable bonds is 4. The number of benzene rings is 1. The lowest BCUT2D eigenvalue weighted by Gasteiger charge is -2.10. The number of ether oxygens (including phenoxy) is 1. The van der Waals surface area contributed by atoms with Gasteiger partial charge < -0.3 is 9.30 Å². The second kappa shape index (κ2) is 5.96. The Hall–Kier alpha value is -3.75. The molecule has 0 N–H and O–H groups in total. The van der Waals surface area contributed by atoms with Crippen LogP contribution < -0.4 is 4.74 Å². The molecule has 0 amide bonds. The molecule has 26 heavy (non-hydrogen) atoms. The molecule has 130 valence electrons. The molecule has 3 heterocycles. The van der Waals surface area contributed by atoms with Crippen molar-refractivity contribution in [2.45, 2.75) is 0 Å². The van der Waals surface area contributed by atoms with Crippen LogP contribution in [0.1, 0.15) is 0 Å². The van der Waals surface area contributed by atoms with Crippen LogP contribution in [0.25, 0.3) is 16.8 Å². The van der Waals surface area contributed by atoms with Crippen molar-refractivity contribution >= 4 is 11.2 Å². The van der Waals surface area contributed by atoms with Gasteiger partial charge in [0.15, 0.2) is 17.3 Å². The van der Waals surface area contributed by atoms with Gasteiger partial charge in [-0.15, -0.1) is 0 Å². The fourth-order valence-electron chi connectivity index (χ4n) is 2.58. The van der Waals surface area contributed by atoms with Crippen LogP contribution >= 0.6 is 0 Å². The second-order valence-electron chi connectivity index (χ2n) is 5.65. The van der Waals surface area contributed by atoms with E-state index in [1.54, 1.807) is 39.9 Å². The molecule has 0 aliphatic rings. The lowest BCUT2D eigenvalue weighted by molar-refractivity contribution is -0.385. The van der Waals surface area contributed by atoms with Crippen LogP contribution in [-0.2, 0) is 7.05 Å². The highest BCUT2D eigenvalue weighted by Crippen LogP contribution is 2.33. The highest BCUT2D eigenvalue weighted by molar-refractivity contribution is 5.69. The normalized spacial score (nSPS) is 11.0. The first-order chi connectivity index (χ1) is 12.5. The van der Waals surface area contributed by atoms with Gasteiger partial charge >= 0.3 is 0 Å². The van der Waals surface area contributed by atoms with E-state index < -0.39 is 10.7 Å². The van der Waals surface area contributed by atoms with Crippen LogP contribution in [0.15, 0.2) is 55.2 Å². The number of non-ortho nitro benzene ring substituents is 1. The van der Waals surface area contributed by atoms with E-state index in [1.165, 1.54) is 12.1 Å². The summed E-state index contributed by atoms with van der Waals surface area (Å²) in [6, 6.07) is 6.69. The number of aromatic nitrogens is 4. The van der Waals surface area contributed by atoms with Gasteiger partial charge in [-0.05, 0) is 18.2 Å². The Labute approximate surface area is 146 Å². The zero-order valence-electron chi connectivity index (χ0n) is 13.5. The number of hydrogen-bond donors (Lipinski definition) is 0. The SMILES string of the molecule is Cn1cnc(-c2cc(Oc3ccc([N+](=O)[O-])cc3F)c3ccnn3c2)c1. The van der Waals surface area contributed by atoms with E-state index in [2.05, 4.69) is 10.1 Å². The van der Waals surface area contributed by atoms with Crippen molar-refractivity contribution < 1.29 is 14.1 Å². The average Bonchev–Trinajstić information content (AvgIpc) is 3.25. The quantitative estimate of drug-likeness (QED) is 0.413. The van der Waals surface area contributed by atoms with Gasteiger partial charge in [0.2, 0.25) is 0 Å². The van der Waals surface area contributed by atoms with E-state index >= 15 is 0 Å². The number of nitro benzene ring substituents is 1. The van der Waals surface area contributed by atoms with Gasteiger partial charge in [-0.1, -0.05) is 0 Å². The molecular weight excluding hydrogens is 341 g/mol. The molecule has 0 unspecified atom stereocenters. The third-order valence-corrected chi connectivity index (χ3v) is 3.82. The van der Waals surface area contributed by atoms with Crippen LogP contribution in [0.2, 0.25) is 0 Å². The standard InChI is InChI=1S/C17H12FN5O3/c1-21-9-14(19-10-21)11-6-17(15-4-5-20-22(15)8-11)26-16-3-2-12(23(24)25)7-13(16)18/h2-10H,1H3. The highest BCUT2D eigenvalue weighted by atomic mass is 19.1. The summed E-state index contributed by atoms with van der Waals surface area (Å²) in [4.78, 5) is 14.4. The molecule has 0 atom stereocenters. The molecule has 0 saturated heterocycles. The monoisotopic (exact) mass is 353 g/mol. The van der Waals surface area contributed by atoms with E-state index in [4.69, 9.17) is 4.74 Å². The largest absolute Gasteiger partial charge is 0.452 e. The molecule has 4 rings (SSSR count). The maximum Gasteiger partial charge on any atom is 0.272 e. The summed E-state index contributed by atoms with van der Waals surface area (Å²) in [6.07, 6.45) is 6.88. The summed E-state index contributed by atoms with van der Waals surface area (Å²) in [5.74, 6) is -0.574. The van der Waals surface area contributed by atoms with E-state index in [9.17, 15) is 14.5 Å². The summed E-state index contributed by atoms with van der Waals surface area (Å²) in [5, 5.41) is 14.9. The maximum atomic E-state index is 14.2. The topological polar surface area (TPSA) is 87.5 Å². The smallest absolute Gasteiger partial charge is 0.272 e. The molecule has 0 spiro atoms. The van der Waals surface area contributed by atoms with Crippen molar-refractivity contribution in [3.05, 3.63) is 71.2 Å². The number of aryl methyl sites for hydroxylation is 1. The summed E-state index contributed by atoms with van der Waals surface area (Å²) in [6.45, 7) is 0. The predicted molar refractivity (Wildman–Crippen MR) is 90.5 cm³/mol. The Balaban J connectivity index is 1.78. The van der Waals surface area contributed by atoms with Crippen molar-refractivity contribution in [2.24, 2.45) is 7.05 Å². The van der Waals surface area contributed by atoms with Gasteiger partial charge in [-0.25, -0.2) is 13.9 Å². The van der Waals surface area contributed by atoms with Gasteiger partial charge in [-0.2, -0.15) is 5.10 Å². The molecule has 0 aliphatic heterocycles. The van der Waals surface area contributed by atoms with Crippen molar-refractivity contribution in [3.8, 4) is 22.8 Å². The molecule has 3 aromatic heterocycles. The van der Waals surface area contributed by atoms with Crippen molar-refractivity contribution in [1.29, 1.82) is 0 Å². The summed E-state index contributed by atoms with van der Waals surface area (Å²) in [5.41, 5.74) is 1.73. The van der Waals surface area contributed by atoms with E-state index in [0.29, 0.717) is 17.0 Å². The van der Waals surface area contributed by atoms with E-state index in [-0.39, 0.29) is 11.4 Å². The summed E-state index contributed by atoms with van der Waals surface area (Å²) >= 11 is 0. The third kappa shape index (κ3) is 2.75. The minimum atomic E-state index is -0.819. The molecule has 0 fully saturated rings. The molecule has 8 nitrogen and oxygen atoms in total. The van der Waals surface area contributed by atoms with Crippen molar-refractivity contribution in [2.75, 3.05) is 0 Å². The second-order valence-corrected chi connectivity index (χ2v) is 5.65. The first-order valence-electron chi connectivity index (χ1n) is 7.59. The molecule has 0 bridgehead atoms. The number of fused-ring (bicyclic) bond motifs is 1. The molecule has 4 aromatic rings. The van der Waals surface area contributed by atoms with E-state index in [1.807, 2.05) is 13.2 Å². The molecule has 0 saturated carbocycles. The number of nitrogens with zero attached hydrogens (tertiary/aromatic N) is 5. The van der Waals surface area contributed by atoms with Gasteiger partial charge in [0.1, 0.15) is 5.52 Å². The maximum absolute atomic E-state index is 14.2. The van der Waals surface area contributed by atoms with Crippen molar-refractivity contribution in [3.63, 3.8) is 0 Å². The summed E-state index contributed by atoms with van der Waals surface area (Å²) < 4.78 is 23.3. The van der Waals surface area contributed by atoms with Crippen LogP contribution in [0.4, 0.5) is 10.1 Å². The number of halogens is 1. The molecule has 1 aromatic carbocycles. The lowest BCUT2D eigenvalue weighted by Crippen LogP contribution is -1.96. The Bertz CT molecular complexity index is 1130. The lowest BCUT2D eigenvalue weighted by atomic mass is 10.2. The first-order valence-corrected chi connectivity index (χ1v) is 7.59. The first kappa shape index (κ1) is 15.8. The fraction of sp³-hybridized carbons (Fsp3) is 0.0588. The third-order valence-electron chi connectivity index (χ3n) is 3.82. The van der Waals surface area contributed by atoms with Gasteiger partial charge in [-0.3, -0.25) is 10.1 Å². The molecule has 9 heteroatoms. The highest BCUT2D eigenvalue weighted by Gasteiger charge is 2.15. The Morgan fingerprint density at radius 2 is 2.04 bits per heavy atom. The number of pyridine rings is 1. The van der Waals surface area contributed by atoms with Gasteiger partial charge in [0, 0.05) is 31.1 Å². The molecule has 0 radical (unpaired) electrons. The minimum Gasteiger partial charge on any atom is -0.452 e. The van der Waals surface area contributed by atoms with Crippen LogP contribution in [0.5, 0.6) is 11.5 Å². The van der Waals surface area contributed by atoms with Gasteiger partial charge in [0.05, 0.1) is 29.2 Å². The fourth-order valence-corrected chi connectivity index (χ4v) is 2.58. The number of imidazole rings is 1. The number of hydrogen-bond acceptors (Lipinski definition) is 5. The Morgan fingerprint density at radius 3 is 2.73 bits per heavy atom. The Morgan fingerprint density at radius 1 is 1.19 bits per heavy atom. The molecule has 0 aliphatic carbocycles. The summed E-state index contributed by atoms with van der Waals surface area (Å²) in [7, 11) is 1.85. The zero-order valence-corrected chi connectivity index (χ0v) is 13.5. The van der Waals surface area contributed by atoms with Crippen LogP contribution in [0.3, 0.4) is 0 Å². The molecular formula is C17H12FN5O3. The average molecular weight is 353 g/mol. The van der Waals surface area contributed by atoms with Crippen LogP contribution in [0, 0.1) is 15.9 Å². The number of nitro groups is 1. The Kier molecular flexibility index (Phi) is 3.61. The van der Waals surface area contributed by atoms with Crippen LogP contribution in [-0.4, -0.2) is 24.1 Å². The van der Waals surface area contributed by atoms with Crippen molar-refractivity contribution in [1.82, 2.24) is 19.2 Å². The van der Waals surface area contributed by atoms with Gasteiger partial charge in [0.25, 0.3) is 5.69 Å².